The van der Waals surface area contributed by atoms with Crippen molar-refractivity contribution in [1.29, 1.82) is 0 Å². The Hall–Kier alpha value is -2.18. The minimum atomic E-state index is -0.911. The van der Waals surface area contributed by atoms with Gasteiger partial charge in [-0.25, -0.2) is 9.37 Å². The SMILES string of the molecule is CCCNC(=O)c1ccc(NCC(O)c2ccc(Cl)c(F)c2)nc1. The Balaban J connectivity index is 1.91. The molecular weight excluding hydrogens is 333 g/mol. The summed E-state index contributed by atoms with van der Waals surface area (Å²) in [4.78, 5) is 15.9. The Kier molecular flexibility index (Phi) is 6.52. The Morgan fingerprint density at radius 1 is 1.38 bits per heavy atom. The van der Waals surface area contributed by atoms with Crippen molar-refractivity contribution >= 4 is 23.3 Å². The molecule has 0 aliphatic rings. The molecule has 24 heavy (non-hydrogen) atoms. The van der Waals surface area contributed by atoms with E-state index >= 15 is 0 Å². The maximum atomic E-state index is 13.4. The van der Waals surface area contributed by atoms with Crippen LogP contribution in [0.5, 0.6) is 0 Å². The van der Waals surface area contributed by atoms with E-state index in [2.05, 4.69) is 15.6 Å². The highest BCUT2D eigenvalue weighted by molar-refractivity contribution is 6.30. The van der Waals surface area contributed by atoms with Crippen molar-refractivity contribution in [2.24, 2.45) is 0 Å². The van der Waals surface area contributed by atoms with Gasteiger partial charge in [-0.15, -0.1) is 0 Å². The third-order valence-electron chi connectivity index (χ3n) is 3.37. The summed E-state index contributed by atoms with van der Waals surface area (Å²) in [6.07, 6.45) is 1.41. The number of aromatic nitrogens is 1. The number of nitrogens with zero attached hydrogens (tertiary/aromatic N) is 1. The summed E-state index contributed by atoms with van der Waals surface area (Å²) in [5, 5.41) is 15.8. The lowest BCUT2D eigenvalue weighted by molar-refractivity contribution is 0.0953. The van der Waals surface area contributed by atoms with Gasteiger partial charge in [-0.3, -0.25) is 4.79 Å². The lowest BCUT2D eigenvalue weighted by atomic mass is 10.1. The number of halogens is 2. The monoisotopic (exact) mass is 351 g/mol. The first-order chi connectivity index (χ1) is 11.5. The van der Waals surface area contributed by atoms with Crippen molar-refractivity contribution in [2.75, 3.05) is 18.4 Å². The molecule has 1 aromatic heterocycles. The summed E-state index contributed by atoms with van der Waals surface area (Å²) in [5.74, 6) is -0.239. The van der Waals surface area contributed by atoms with Gasteiger partial charge in [0, 0.05) is 19.3 Å². The van der Waals surface area contributed by atoms with E-state index in [-0.39, 0.29) is 17.5 Å². The minimum absolute atomic E-state index is 0.0116. The van der Waals surface area contributed by atoms with Crippen LogP contribution in [0.25, 0.3) is 0 Å². The van der Waals surface area contributed by atoms with Gasteiger partial charge < -0.3 is 15.7 Å². The highest BCUT2D eigenvalue weighted by Gasteiger charge is 2.11. The third kappa shape index (κ3) is 4.91. The molecule has 2 aromatic rings. The van der Waals surface area contributed by atoms with Gasteiger partial charge >= 0.3 is 0 Å². The Morgan fingerprint density at radius 3 is 2.79 bits per heavy atom. The number of pyridine rings is 1. The van der Waals surface area contributed by atoms with Crippen molar-refractivity contribution in [2.45, 2.75) is 19.4 Å². The highest BCUT2D eigenvalue weighted by atomic mass is 35.5. The van der Waals surface area contributed by atoms with Crippen LogP contribution in [0.1, 0.15) is 35.4 Å². The average molecular weight is 352 g/mol. The molecule has 0 aliphatic carbocycles. The van der Waals surface area contributed by atoms with Gasteiger partial charge in [0.05, 0.1) is 16.7 Å². The molecule has 0 spiro atoms. The topological polar surface area (TPSA) is 74.2 Å². The number of nitrogens with one attached hydrogen (secondary N) is 2. The Labute approximate surface area is 144 Å². The zero-order valence-electron chi connectivity index (χ0n) is 13.2. The van der Waals surface area contributed by atoms with E-state index in [1.165, 1.54) is 18.3 Å². The number of rotatable bonds is 7. The second kappa shape index (κ2) is 8.61. The van der Waals surface area contributed by atoms with Crippen molar-refractivity contribution in [3.8, 4) is 0 Å². The van der Waals surface area contributed by atoms with E-state index in [9.17, 15) is 14.3 Å². The number of carbonyl (C=O) groups is 1. The van der Waals surface area contributed by atoms with Crippen LogP contribution < -0.4 is 10.6 Å². The molecule has 2 rings (SSSR count). The largest absolute Gasteiger partial charge is 0.387 e. The van der Waals surface area contributed by atoms with E-state index in [0.29, 0.717) is 23.5 Å². The molecule has 1 atom stereocenters. The van der Waals surface area contributed by atoms with Gasteiger partial charge in [-0.2, -0.15) is 0 Å². The number of benzene rings is 1. The lowest BCUT2D eigenvalue weighted by Crippen LogP contribution is -2.24. The molecule has 0 bridgehead atoms. The van der Waals surface area contributed by atoms with E-state index in [1.54, 1.807) is 18.2 Å². The number of hydrogen-bond donors (Lipinski definition) is 3. The summed E-state index contributed by atoms with van der Waals surface area (Å²) in [6.45, 7) is 2.74. The quantitative estimate of drug-likeness (QED) is 0.716. The Morgan fingerprint density at radius 2 is 2.17 bits per heavy atom. The van der Waals surface area contributed by atoms with E-state index in [0.717, 1.165) is 6.42 Å². The number of amides is 1. The van der Waals surface area contributed by atoms with Crippen LogP contribution in [0.15, 0.2) is 36.5 Å². The van der Waals surface area contributed by atoms with Crippen LogP contribution in [0.3, 0.4) is 0 Å². The van der Waals surface area contributed by atoms with Gasteiger partial charge in [-0.05, 0) is 36.2 Å². The van der Waals surface area contributed by atoms with Crippen LogP contribution in [0.4, 0.5) is 10.2 Å². The molecule has 1 heterocycles. The molecule has 0 aliphatic heterocycles. The normalized spacial score (nSPS) is 11.8. The second-order valence-electron chi connectivity index (χ2n) is 5.26. The maximum Gasteiger partial charge on any atom is 0.252 e. The molecule has 5 nitrogen and oxygen atoms in total. The summed E-state index contributed by atoms with van der Waals surface area (Å²) < 4.78 is 13.4. The molecule has 1 amide bonds. The van der Waals surface area contributed by atoms with E-state index < -0.39 is 11.9 Å². The molecule has 1 unspecified atom stereocenters. The van der Waals surface area contributed by atoms with Crippen LogP contribution in [0.2, 0.25) is 5.02 Å². The summed E-state index contributed by atoms with van der Waals surface area (Å²) in [6, 6.07) is 7.46. The van der Waals surface area contributed by atoms with Gasteiger partial charge in [0.25, 0.3) is 5.91 Å². The molecule has 3 N–H and O–H groups in total. The average Bonchev–Trinajstić information content (AvgIpc) is 2.60. The number of hydrogen-bond acceptors (Lipinski definition) is 4. The van der Waals surface area contributed by atoms with Crippen molar-refractivity contribution < 1.29 is 14.3 Å². The van der Waals surface area contributed by atoms with Crippen molar-refractivity contribution in [3.63, 3.8) is 0 Å². The molecule has 0 fully saturated rings. The molecular formula is C17H19ClFN3O2. The van der Waals surface area contributed by atoms with Crippen LogP contribution >= 0.6 is 11.6 Å². The standard InChI is InChI=1S/C17H19ClFN3O2/c1-2-7-20-17(24)12-4-6-16(21-9-12)22-10-15(23)11-3-5-13(18)14(19)8-11/h3-6,8-9,15,23H,2,7,10H2,1H3,(H,20,24)(H,21,22). The fraction of sp³-hybridized carbons (Fsp3) is 0.294. The summed E-state index contributed by atoms with van der Waals surface area (Å²) in [7, 11) is 0. The van der Waals surface area contributed by atoms with Gasteiger partial charge in [0.1, 0.15) is 11.6 Å². The fourth-order valence-corrected chi connectivity index (χ4v) is 2.13. The zero-order valence-corrected chi connectivity index (χ0v) is 14.0. The fourth-order valence-electron chi connectivity index (χ4n) is 2.01. The summed E-state index contributed by atoms with van der Waals surface area (Å²) in [5.41, 5.74) is 0.884. The first-order valence-corrected chi connectivity index (χ1v) is 8.00. The molecule has 7 heteroatoms. The second-order valence-corrected chi connectivity index (χ2v) is 5.67. The van der Waals surface area contributed by atoms with Crippen molar-refractivity contribution in [3.05, 3.63) is 58.5 Å². The number of aliphatic hydroxyl groups excluding tert-OH is 1. The van der Waals surface area contributed by atoms with E-state index in [4.69, 9.17) is 11.6 Å². The first-order valence-electron chi connectivity index (χ1n) is 7.62. The molecule has 0 radical (unpaired) electrons. The van der Waals surface area contributed by atoms with E-state index in [1.807, 2.05) is 6.92 Å². The third-order valence-corrected chi connectivity index (χ3v) is 3.67. The Bertz CT molecular complexity index is 695. The van der Waals surface area contributed by atoms with Crippen LogP contribution in [-0.4, -0.2) is 29.1 Å². The predicted octanol–water partition coefficient (Wildman–Crippen LogP) is 3.16. The summed E-state index contributed by atoms with van der Waals surface area (Å²) >= 11 is 5.62. The lowest BCUT2D eigenvalue weighted by Gasteiger charge is -2.13. The molecule has 0 saturated carbocycles. The highest BCUT2D eigenvalue weighted by Crippen LogP contribution is 2.20. The van der Waals surface area contributed by atoms with Crippen LogP contribution in [0, 0.1) is 5.82 Å². The zero-order chi connectivity index (χ0) is 17.5. The van der Waals surface area contributed by atoms with Gasteiger partial charge in [-0.1, -0.05) is 24.6 Å². The van der Waals surface area contributed by atoms with Gasteiger partial charge in [0.15, 0.2) is 0 Å². The smallest absolute Gasteiger partial charge is 0.252 e. The van der Waals surface area contributed by atoms with Crippen LogP contribution in [-0.2, 0) is 0 Å². The first kappa shape index (κ1) is 18.2. The number of anilines is 1. The minimum Gasteiger partial charge on any atom is -0.387 e. The predicted molar refractivity (Wildman–Crippen MR) is 91.7 cm³/mol. The van der Waals surface area contributed by atoms with Gasteiger partial charge in [0.2, 0.25) is 0 Å². The number of carbonyl (C=O) groups excluding carboxylic acids is 1. The number of aliphatic hydroxyl groups is 1. The van der Waals surface area contributed by atoms with Crippen molar-refractivity contribution in [1.82, 2.24) is 10.3 Å². The maximum absolute atomic E-state index is 13.4. The molecule has 128 valence electrons. The molecule has 1 aromatic carbocycles. The molecule has 0 saturated heterocycles.